The number of para-hydroxylation sites is 2. The molecule has 2 aliphatic rings. The monoisotopic (exact) mass is 393 g/mol. The fourth-order valence-corrected chi connectivity index (χ4v) is 4.27. The molecule has 1 atom stereocenters. The van der Waals surface area contributed by atoms with Gasteiger partial charge in [-0.15, -0.1) is 0 Å². The molecule has 5 rings (SSSR count). The maximum absolute atomic E-state index is 14.6. The van der Waals surface area contributed by atoms with Crippen LogP contribution in [0.15, 0.2) is 42.5 Å². The smallest absolute Gasteiger partial charge is 0.239 e. The number of amides is 1. The zero-order chi connectivity index (χ0) is 19.8. The number of rotatable bonds is 3. The molecular formula is C22H24FN5O. The minimum absolute atomic E-state index is 0.0212. The number of anilines is 1. The highest BCUT2D eigenvalue weighted by molar-refractivity contribution is 5.82. The molecule has 7 heteroatoms. The molecule has 6 nitrogen and oxygen atoms in total. The van der Waals surface area contributed by atoms with Crippen molar-refractivity contribution < 1.29 is 9.18 Å². The molecule has 2 N–H and O–H groups in total. The second-order valence-electron chi connectivity index (χ2n) is 7.73. The van der Waals surface area contributed by atoms with Crippen molar-refractivity contribution >= 4 is 22.6 Å². The van der Waals surface area contributed by atoms with Crippen molar-refractivity contribution in [3.63, 3.8) is 0 Å². The summed E-state index contributed by atoms with van der Waals surface area (Å²) >= 11 is 0. The van der Waals surface area contributed by atoms with Gasteiger partial charge in [-0.25, -0.2) is 9.37 Å². The summed E-state index contributed by atoms with van der Waals surface area (Å²) in [4.78, 5) is 24.5. The van der Waals surface area contributed by atoms with E-state index >= 15 is 0 Å². The molecule has 0 radical (unpaired) electrons. The zero-order valence-electron chi connectivity index (χ0n) is 16.2. The van der Waals surface area contributed by atoms with Crippen LogP contribution in [0, 0.1) is 5.82 Å². The number of imidazole rings is 1. The van der Waals surface area contributed by atoms with Gasteiger partial charge in [-0.3, -0.25) is 4.79 Å². The van der Waals surface area contributed by atoms with Crippen LogP contribution in [-0.2, 0) is 4.79 Å². The summed E-state index contributed by atoms with van der Waals surface area (Å²) in [6, 6.07) is 12.8. The number of aromatic amines is 1. The number of carbonyl (C=O) groups excluding carboxylic acids is 1. The number of H-pyrrole nitrogens is 1. The lowest BCUT2D eigenvalue weighted by Gasteiger charge is -2.37. The van der Waals surface area contributed by atoms with Crippen molar-refractivity contribution in [2.75, 3.05) is 37.6 Å². The molecule has 2 aromatic carbocycles. The van der Waals surface area contributed by atoms with E-state index < -0.39 is 0 Å². The SMILES string of the molecule is O=C([C@@H]1CCCN1)N1CCN(c2ccc(F)c(-c3nc4ccccc4[nH]3)c2)CC1. The minimum atomic E-state index is -0.297. The molecule has 0 aliphatic carbocycles. The van der Waals surface area contributed by atoms with Crippen molar-refractivity contribution in [2.45, 2.75) is 18.9 Å². The Hall–Kier alpha value is -2.93. The number of halogens is 1. The van der Waals surface area contributed by atoms with Gasteiger partial charge in [0.05, 0.1) is 22.6 Å². The molecule has 3 heterocycles. The van der Waals surface area contributed by atoms with Crippen LogP contribution in [-0.4, -0.2) is 59.5 Å². The summed E-state index contributed by atoms with van der Waals surface area (Å²) in [5.74, 6) is 0.449. The minimum Gasteiger partial charge on any atom is -0.368 e. The second kappa shape index (κ2) is 7.48. The Bertz CT molecular complexity index is 1000. The highest BCUT2D eigenvalue weighted by Gasteiger charge is 2.29. The third-order valence-electron chi connectivity index (χ3n) is 5.91. The molecule has 29 heavy (non-hydrogen) atoms. The number of benzene rings is 2. The average Bonchev–Trinajstić information content (AvgIpc) is 3.44. The normalized spacial score (nSPS) is 19.8. The van der Waals surface area contributed by atoms with E-state index in [9.17, 15) is 9.18 Å². The quantitative estimate of drug-likeness (QED) is 0.718. The van der Waals surface area contributed by atoms with E-state index in [2.05, 4.69) is 20.2 Å². The number of piperazine rings is 1. The van der Waals surface area contributed by atoms with Crippen LogP contribution in [0.4, 0.5) is 10.1 Å². The lowest BCUT2D eigenvalue weighted by atomic mass is 10.1. The third-order valence-corrected chi connectivity index (χ3v) is 5.91. The van der Waals surface area contributed by atoms with E-state index in [1.807, 2.05) is 35.2 Å². The first-order valence-electron chi connectivity index (χ1n) is 10.2. The highest BCUT2D eigenvalue weighted by atomic mass is 19.1. The van der Waals surface area contributed by atoms with Crippen molar-refractivity contribution in [3.8, 4) is 11.4 Å². The predicted octanol–water partition coefficient (Wildman–Crippen LogP) is 2.77. The third kappa shape index (κ3) is 3.46. The Morgan fingerprint density at radius 1 is 1.10 bits per heavy atom. The Kier molecular flexibility index (Phi) is 4.67. The molecule has 0 unspecified atom stereocenters. The molecular weight excluding hydrogens is 369 g/mol. The number of carbonyl (C=O) groups is 1. The average molecular weight is 393 g/mol. The lowest BCUT2D eigenvalue weighted by molar-refractivity contribution is -0.133. The van der Waals surface area contributed by atoms with Crippen molar-refractivity contribution in [1.82, 2.24) is 20.2 Å². The number of nitrogens with one attached hydrogen (secondary N) is 2. The molecule has 2 saturated heterocycles. The van der Waals surface area contributed by atoms with Gasteiger partial charge in [0.15, 0.2) is 0 Å². The van der Waals surface area contributed by atoms with Gasteiger partial charge in [-0.1, -0.05) is 12.1 Å². The molecule has 0 bridgehead atoms. The summed E-state index contributed by atoms with van der Waals surface area (Å²) in [6.07, 6.45) is 1.99. The zero-order valence-corrected chi connectivity index (χ0v) is 16.2. The molecule has 0 saturated carbocycles. The van der Waals surface area contributed by atoms with Gasteiger partial charge >= 0.3 is 0 Å². The predicted molar refractivity (Wildman–Crippen MR) is 111 cm³/mol. The first-order valence-corrected chi connectivity index (χ1v) is 10.2. The van der Waals surface area contributed by atoms with Gasteiger partial charge < -0.3 is 20.1 Å². The summed E-state index contributed by atoms with van der Waals surface area (Å²) in [5.41, 5.74) is 3.13. The van der Waals surface area contributed by atoms with Gasteiger partial charge in [-0.2, -0.15) is 0 Å². The van der Waals surface area contributed by atoms with Crippen molar-refractivity contribution in [2.24, 2.45) is 0 Å². The van der Waals surface area contributed by atoms with Crippen LogP contribution < -0.4 is 10.2 Å². The van der Waals surface area contributed by atoms with E-state index in [4.69, 9.17) is 0 Å². The van der Waals surface area contributed by atoms with Crippen LogP contribution >= 0.6 is 0 Å². The molecule has 1 aromatic heterocycles. The summed E-state index contributed by atoms with van der Waals surface area (Å²) in [5, 5.41) is 3.28. The van der Waals surface area contributed by atoms with Gasteiger partial charge in [0, 0.05) is 31.9 Å². The fraction of sp³-hybridized carbons (Fsp3) is 0.364. The molecule has 2 aliphatic heterocycles. The van der Waals surface area contributed by atoms with Crippen molar-refractivity contribution in [1.29, 1.82) is 0 Å². The van der Waals surface area contributed by atoms with Crippen LogP contribution in [0.2, 0.25) is 0 Å². The van der Waals surface area contributed by atoms with Crippen molar-refractivity contribution in [3.05, 3.63) is 48.3 Å². The van der Waals surface area contributed by atoms with Crippen LogP contribution in [0.1, 0.15) is 12.8 Å². The number of hydrogen-bond donors (Lipinski definition) is 2. The number of hydrogen-bond acceptors (Lipinski definition) is 4. The van der Waals surface area contributed by atoms with E-state index in [1.165, 1.54) is 6.07 Å². The molecule has 150 valence electrons. The standard InChI is InChI=1S/C22H24FN5O/c23-17-8-7-15(14-16(17)21-25-18-4-1-2-5-19(18)26-21)27-10-12-28(13-11-27)22(29)20-6-3-9-24-20/h1-2,4-5,7-8,14,20,24H,3,6,9-13H2,(H,25,26)/t20-/m0/s1. The van der Waals surface area contributed by atoms with E-state index in [0.717, 1.165) is 49.2 Å². The van der Waals surface area contributed by atoms with Crippen LogP contribution in [0.25, 0.3) is 22.4 Å². The fourth-order valence-electron chi connectivity index (χ4n) is 4.27. The van der Waals surface area contributed by atoms with E-state index in [0.29, 0.717) is 24.5 Å². The van der Waals surface area contributed by atoms with Crippen LogP contribution in [0.3, 0.4) is 0 Å². The Morgan fingerprint density at radius 2 is 1.93 bits per heavy atom. The van der Waals surface area contributed by atoms with Gasteiger partial charge in [-0.05, 0) is 49.7 Å². The maximum atomic E-state index is 14.6. The summed E-state index contributed by atoms with van der Waals surface area (Å²) < 4.78 is 14.6. The molecule has 2 fully saturated rings. The molecule has 0 spiro atoms. The highest BCUT2D eigenvalue weighted by Crippen LogP contribution is 2.28. The number of aromatic nitrogens is 2. The van der Waals surface area contributed by atoms with E-state index in [-0.39, 0.29) is 17.8 Å². The topological polar surface area (TPSA) is 64.3 Å². The molecule has 3 aromatic rings. The van der Waals surface area contributed by atoms with E-state index in [1.54, 1.807) is 6.07 Å². The second-order valence-corrected chi connectivity index (χ2v) is 7.73. The summed E-state index contributed by atoms with van der Waals surface area (Å²) in [7, 11) is 0. The largest absolute Gasteiger partial charge is 0.368 e. The van der Waals surface area contributed by atoms with Gasteiger partial charge in [0.1, 0.15) is 11.6 Å². The molecule has 1 amide bonds. The van der Waals surface area contributed by atoms with Crippen LogP contribution in [0.5, 0.6) is 0 Å². The first-order chi connectivity index (χ1) is 14.2. The maximum Gasteiger partial charge on any atom is 0.239 e. The number of nitrogens with zero attached hydrogens (tertiary/aromatic N) is 3. The van der Waals surface area contributed by atoms with Gasteiger partial charge in [0.2, 0.25) is 5.91 Å². The Labute approximate surface area is 168 Å². The lowest BCUT2D eigenvalue weighted by Crippen LogP contribution is -2.53. The summed E-state index contributed by atoms with van der Waals surface area (Å²) in [6.45, 7) is 3.78. The Balaban J connectivity index is 1.33. The number of fused-ring (bicyclic) bond motifs is 1. The Morgan fingerprint density at radius 3 is 2.69 bits per heavy atom. The first kappa shape index (κ1) is 18.1. The van der Waals surface area contributed by atoms with Gasteiger partial charge in [0.25, 0.3) is 0 Å².